The summed E-state index contributed by atoms with van der Waals surface area (Å²) in [6.07, 6.45) is 0.855. The summed E-state index contributed by atoms with van der Waals surface area (Å²) >= 11 is 6.27. The molecule has 1 fully saturated rings. The molecule has 7 nitrogen and oxygen atoms in total. The zero-order valence-corrected chi connectivity index (χ0v) is 16.4. The first-order chi connectivity index (χ1) is 12.8. The van der Waals surface area contributed by atoms with Gasteiger partial charge in [-0.2, -0.15) is 5.01 Å². The van der Waals surface area contributed by atoms with Crippen LogP contribution in [0.1, 0.15) is 11.1 Å². The second-order valence-corrected chi connectivity index (χ2v) is 8.52. The Balaban J connectivity index is 1.93. The van der Waals surface area contributed by atoms with E-state index in [2.05, 4.69) is 9.82 Å². The summed E-state index contributed by atoms with van der Waals surface area (Å²) in [4.78, 5) is 6.68. The fourth-order valence-electron chi connectivity index (χ4n) is 3.31. The number of sulfonamides is 1. The van der Waals surface area contributed by atoms with Gasteiger partial charge in [0.05, 0.1) is 24.2 Å². The second-order valence-electron chi connectivity index (χ2n) is 6.44. The predicted octanol–water partition coefficient (Wildman–Crippen LogP) is 2.09. The number of aliphatic imine (C=N–C) groups is 1. The van der Waals surface area contributed by atoms with Crippen molar-refractivity contribution < 1.29 is 8.42 Å². The number of hydrogen-bond acceptors (Lipinski definition) is 4. The zero-order valence-electron chi connectivity index (χ0n) is 14.8. The monoisotopic (exact) mass is 403 g/mol. The highest BCUT2D eigenvalue weighted by atomic mass is 35.5. The van der Waals surface area contributed by atoms with Crippen LogP contribution in [0.15, 0.2) is 57.9 Å². The highest BCUT2D eigenvalue weighted by Gasteiger charge is 2.39. The average molecular weight is 404 g/mol. The third-order valence-electron chi connectivity index (χ3n) is 4.44. The van der Waals surface area contributed by atoms with Crippen molar-refractivity contribution in [1.82, 2.24) is 10.4 Å². The summed E-state index contributed by atoms with van der Waals surface area (Å²) in [7, 11) is -1.74. The fraction of sp³-hybridized carbons (Fsp3) is 0.222. The number of likely N-dealkylation sites (N-methyl/N-ethyl adjacent to an activating group) is 1. The highest BCUT2D eigenvalue weighted by molar-refractivity contribution is 7.89. The molecule has 27 heavy (non-hydrogen) atoms. The molecule has 2 heterocycles. The van der Waals surface area contributed by atoms with Crippen LogP contribution in [-0.2, 0) is 10.0 Å². The maximum atomic E-state index is 11.8. The Bertz CT molecular complexity index is 1050. The van der Waals surface area contributed by atoms with E-state index < -0.39 is 10.0 Å². The van der Waals surface area contributed by atoms with Crippen molar-refractivity contribution in [3.8, 4) is 0 Å². The van der Waals surface area contributed by atoms with Gasteiger partial charge < -0.3 is 0 Å². The number of rotatable bonds is 2. The fourth-order valence-corrected chi connectivity index (χ4v) is 3.92. The zero-order chi connectivity index (χ0) is 19.2. The van der Waals surface area contributed by atoms with Gasteiger partial charge in [0.1, 0.15) is 6.17 Å². The molecule has 1 unspecified atom stereocenters. The molecule has 1 atom stereocenters. The van der Waals surface area contributed by atoms with Crippen LogP contribution in [-0.4, -0.2) is 51.1 Å². The quantitative estimate of drug-likeness (QED) is 0.830. The lowest BCUT2D eigenvalue weighted by atomic mass is 10.0. The maximum absolute atomic E-state index is 11.8. The minimum atomic E-state index is -3.58. The van der Waals surface area contributed by atoms with Gasteiger partial charge in [0.2, 0.25) is 5.96 Å². The Kier molecular flexibility index (Phi) is 4.41. The molecule has 2 aliphatic rings. The molecule has 0 spiro atoms. The lowest BCUT2D eigenvalue weighted by Gasteiger charge is -2.25. The Hall–Kier alpha value is -2.42. The maximum Gasteiger partial charge on any atom is 0.253 e. The van der Waals surface area contributed by atoms with Gasteiger partial charge in [-0.15, -0.1) is 4.40 Å². The lowest BCUT2D eigenvalue weighted by Crippen LogP contribution is -2.40. The lowest BCUT2D eigenvalue weighted by molar-refractivity contribution is 0.254. The topological polar surface area (TPSA) is 77.4 Å². The molecule has 0 bridgehead atoms. The van der Waals surface area contributed by atoms with Gasteiger partial charge in [-0.1, -0.05) is 41.9 Å². The van der Waals surface area contributed by atoms with Gasteiger partial charge >= 0.3 is 0 Å². The van der Waals surface area contributed by atoms with E-state index in [0.717, 1.165) is 28.8 Å². The van der Waals surface area contributed by atoms with Gasteiger partial charge in [0, 0.05) is 23.2 Å². The number of hydrazine groups is 1. The number of anilines is 1. The third kappa shape index (κ3) is 3.43. The highest BCUT2D eigenvalue weighted by Crippen LogP contribution is 2.33. The van der Waals surface area contributed by atoms with Crippen molar-refractivity contribution in [2.24, 2.45) is 9.39 Å². The van der Waals surface area contributed by atoms with Crippen LogP contribution in [0.3, 0.4) is 0 Å². The van der Waals surface area contributed by atoms with E-state index in [1.54, 1.807) is 11.1 Å². The second kappa shape index (κ2) is 6.63. The molecule has 0 saturated carbocycles. The molecular formula is C18H18ClN5O2S. The molecule has 2 aromatic rings. The van der Waals surface area contributed by atoms with Gasteiger partial charge in [-0.25, -0.2) is 8.42 Å². The van der Waals surface area contributed by atoms with Crippen LogP contribution in [0.4, 0.5) is 5.69 Å². The van der Waals surface area contributed by atoms with Gasteiger partial charge in [0.25, 0.3) is 10.0 Å². The number of benzene rings is 2. The summed E-state index contributed by atoms with van der Waals surface area (Å²) in [5.74, 6) is 0.248. The Morgan fingerprint density at radius 2 is 1.96 bits per heavy atom. The van der Waals surface area contributed by atoms with Crippen LogP contribution in [0, 0.1) is 0 Å². The standard InChI is InChI=1S/C18H18ClN5O2S/c1-23-16-11-20-17(12-6-4-3-5-7-12)14-10-13(19)8-9-15(14)24(16)18(21-23)22-27(2,25)26/h3-10,16H,11H2,1-2H3,(H,21,22). The Labute approximate surface area is 163 Å². The van der Waals surface area contributed by atoms with Crippen molar-refractivity contribution in [2.75, 3.05) is 24.7 Å². The van der Waals surface area contributed by atoms with Crippen molar-refractivity contribution in [3.05, 3.63) is 64.7 Å². The molecule has 0 amide bonds. The molecule has 9 heteroatoms. The first-order valence-electron chi connectivity index (χ1n) is 8.32. The van der Waals surface area contributed by atoms with Crippen molar-refractivity contribution >= 4 is 39.0 Å². The predicted molar refractivity (Wildman–Crippen MR) is 108 cm³/mol. The van der Waals surface area contributed by atoms with E-state index in [9.17, 15) is 8.42 Å². The summed E-state index contributed by atoms with van der Waals surface area (Å²) in [6, 6.07) is 15.3. The minimum Gasteiger partial charge on any atom is -0.290 e. The van der Waals surface area contributed by atoms with E-state index in [4.69, 9.17) is 16.6 Å². The average Bonchev–Trinajstić information content (AvgIpc) is 2.80. The van der Waals surface area contributed by atoms with E-state index in [0.29, 0.717) is 11.6 Å². The number of nitrogens with one attached hydrogen (secondary N) is 1. The van der Waals surface area contributed by atoms with Crippen LogP contribution >= 0.6 is 11.6 Å². The third-order valence-corrected chi connectivity index (χ3v) is 5.17. The Morgan fingerprint density at radius 3 is 2.67 bits per heavy atom. The number of hydrogen-bond donors (Lipinski definition) is 1. The summed E-state index contributed by atoms with van der Waals surface area (Å²) in [5, 5.41) is 2.39. The first kappa shape index (κ1) is 18.0. The molecule has 2 aliphatic heterocycles. The molecule has 0 aliphatic carbocycles. The largest absolute Gasteiger partial charge is 0.290 e. The van der Waals surface area contributed by atoms with Gasteiger partial charge in [0.15, 0.2) is 0 Å². The van der Waals surface area contributed by atoms with Crippen LogP contribution < -0.4 is 10.3 Å². The summed E-state index contributed by atoms with van der Waals surface area (Å²) in [5.41, 5.74) is 6.43. The SMILES string of the molecule is CN1NC(=NS(C)(=O)=O)N2c3ccc(Cl)cc3C(c3ccccc3)=NCC12. The van der Waals surface area contributed by atoms with Crippen LogP contribution in [0.2, 0.25) is 5.02 Å². The van der Waals surface area contributed by atoms with Crippen molar-refractivity contribution in [1.29, 1.82) is 0 Å². The van der Waals surface area contributed by atoms with E-state index in [1.807, 2.05) is 54.4 Å². The van der Waals surface area contributed by atoms with Crippen molar-refractivity contribution in [2.45, 2.75) is 6.17 Å². The molecule has 1 N–H and O–H groups in total. The normalized spacial score (nSPS) is 21.3. The van der Waals surface area contributed by atoms with Crippen LogP contribution in [0.5, 0.6) is 0 Å². The van der Waals surface area contributed by atoms with Gasteiger partial charge in [-0.3, -0.25) is 15.3 Å². The van der Waals surface area contributed by atoms with Gasteiger partial charge in [-0.05, 0) is 18.2 Å². The van der Waals surface area contributed by atoms with Crippen molar-refractivity contribution in [3.63, 3.8) is 0 Å². The van der Waals surface area contributed by atoms with E-state index in [-0.39, 0.29) is 12.1 Å². The number of halogens is 1. The molecule has 4 rings (SSSR count). The van der Waals surface area contributed by atoms with E-state index >= 15 is 0 Å². The smallest absolute Gasteiger partial charge is 0.253 e. The van der Waals surface area contributed by atoms with E-state index in [1.165, 1.54) is 0 Å². The molecule has 0 aromatic heterocycles. The first-order valence-corrected chi connectivity index (χ1v) is 10.5. The van der Waals surface area contributed by atoms with Crippen LogP contribution in [0.25, 0.3) is 0 Å². The molecule has 140 valence electrons. The minimum absolute atomic E-state index is 0.216. The number of guanidine groups is 1. The molecule has 1 saturated heterocycles. The summed E-state index contributed by atoms with van der Waals surface area (Å²) in [6.45, 7) is 0.433. The Morgan fingerprint density at radius 1 is 1.22 bits per heavy atom. The molecule has 2 aromatic carbocycles. The summed E-state index contributed by atoms with van der Waals surface area (Å²) < 4.78 is 27.4. The number of fused-ring (bicyclic) bond motifs is 3. The number of nitrogens with zero attached hydrogens (tertiary/aromatic N) is 4. The molecular weight excluding hydrogens is 386 g/mol. The molecule has 0 radical (unpaired) electrons.